The summed E-state index contributed by atoms with van der Waals surface area (Å²) >= 11 is 0.848. The van der Waals surface area contributed by atoms with E-state index in [1.807, 2.05) is 0 Å². The normalized spacial score (nSPS) is 12.5. The van der Waals surface area contributed by atoms with Crippen molar-refractivity contribution in [2.75, 3.05) is 7.11 Å². The summed E-state index contributed by atoms with van der Waals surface area (Å²) in [6.07, 6.45) is -4.60. The van der Waals surface area contributed by atoms with Crippen LogP contribution in [0.5, 0.6) is 5.88 Å². The molecule has 5 nitrogen and oxygen atoms in total. The van der Waals surface area contributed by atoms with Gasteiger partial charge in [-0.2, -0.15) is 13.2 Å². The molecule has 0 radical (unpaired) electrons. The highest BCUT2D eigenvalue weighted by atomic mass is 32.2. The van der Waals surface area contributed by atoms with Gasteiger partial charge in [-0.25, -0.2) is 18.5 Å². The fraction of sp³-hybridized carbons (Fsp3) is 0.250. The smallest absolute Gasteiger partial charge is 0.433 e. The quantitative estimate of drug-likeness (QED) is 0.921. The Balaban J connectivity index is 2.61. The number of alkyl halides is 3. The van der Waals surface area contributed by atoms with E-state index in [-0.39, 0.29) is 15.7 Å². The summed E-state index contributed by atoms with van der Waals surface area (Å²) in [6.45, 7) is 1.62. The van der Waals surface area contributed by atoms with Crippen molar-refractivity contribution >= 4 is 21.4 Å². The van der Waals surface area contributed by atoms with Crippen LogP contribution >= 0.6 is 11.3 Å². The first-order chi connectivity index (χ1) is 10.0. The van der Waals surface area contributed by atoms with Gasteiger partial charge in [-0.15, -0.1) is 11.3 Å². The summed E-state index contributed by atoms with van der Waals surface area (Å²) in [4.78, 5) is 3.86. The zero-order valence-electron chi connectivity index (χ0n) is 11.4. The van der Waals surface area contributed by atoms with Crippen LogP contribution in [0.3, 0.4) is 0 Å². The van der Waals surface area contributed by atoms with Gasteiger partial charge in [-0.05, 0) is 30.7 Å². The molecule has 2 N–H and O–H groups in total. The number of rotatable bonds is 3. The van der Waals surface area contributed by atoms with Gasteiger partial charge in [0, 0.05) is 4.88 Å². The largest absolute Gasteiger partial charge is 0.481 e. The molecule has 0 aliphatic rings. The summed E-state index contributed by atoms with van der Waals surface area (Å²) in [5, 5.41) is 5.06. The van der Waals surface area contributed by atoms with Crippen LogP contribution in [-0.4, -0.2) is 20.5 Å². The second kappa shape index (κ2) is 5.52. The molecule has 120 valence electrons. The van der Waals surface area contributed by atoms with Crippen LogP contribution in [0.2, 0.25) is 0 Å². The molecule has 2 heterocycles. The molecule has 22 heavy (non-hydrogen) atoms. The van der Waals surface area contributed by atoms with Crippen LogP contribution in [0.1, 0.15) is 11.3 Å². The van der Waals surface area contributed by atoms with Gasteiger partial charge >= 0.3 is 6.18 Å². The van der Waals surface area contributed by atoms with Gasteiger partial charge in [0.25, 0.3) is 0 Å². The number of aromatic nitrogens is 1. The number of methoxy groups -OCH3 is 1. The Bertz CT molecular complexity index is 814. The predicted molar refractivity (Wildman–Crippen MR) is 75.2 cm³/mol. The van der Waals surface area contributed by atoms with Gasteiger partial charge in [0.15, 0.2) is 0 Å². The lowest BCUT2D eigenvalue weighted by atomic mass is 10.1. The maximum atomic E-state index is 12.7. The number of primary sulfonamides is 1. The lowest BCUT2D eigenvalue weighted by Gasteiger charge is -2.11. The highest BCUT2D eigenvalue weighted by Crippen LogP contribution is 2.40. The molecule has 0 atom stereocenters. The molecule has 0 fully saturated rings. The third-order valence-corrected chi connectivity index (χ3v) is 5.45. The third-order valence-electron chi connectivity index (χ3n) is 2.76. The van der Waals surface area contributed by atoms with E-state index in [2.05, 4.69) is 4.98 Å². The Morgan fingerprint density at radius 1 is 1.32 bits per heavy atom. The summed E-state index contributed by atoms with van der Waals surface area (Å²) in [5.74, 6) is -0.235. The van der Waals surface area contributed by atoms with E-state index in [0.717, 1.165) is 17.4 Å². The first kappa shape index (κ1) is 16.7. The molecular formula is C12H11F3N2O3S2. The summed E-state index contributed by atoms with van der Waals surface area (Å²) in [5.41, 5.74) is -0.268. The number of halogens is 3. The molecule has 0 spiro atoms. The molecule has 0 unspecified atom stereocenters. The van der Waals surface area contributed by atoms with Crippen LogP contribution in [0.25, 0.3) is 10.4 Å². The van der Waals surface area contributed by atoms with Crippen molar-refractivity contribution in [3.63, 3.8) is 0 Å². The number of pyridine rings is 1. The van der Waals surface area contributed by atoms with Gasteiger partial charge in [-0.3, -0.25) is 0 Å². The number of aryl methyl sites for hydroxylation is 1. The number of hydrogen-bond donors (Lipinski definition) is 1. The van der Waals surface area contributed by atoms with Crippen molar-refractivity contribution in [2.45, 2.75) is 17.3 Å². The Labute approximate surface area is 128 Å². The average Bonchev–Trinajstić information content (AvgIpc) is 2.79. The van der Waals surface area contributed by atoms with Gasteiger partial charge in [0.2, 0.25) is 15.9 Å². The zero-order valence-corrected chi connectivity index (χ0v) is 13.1. The minimum Gasteiger partial charge on any atom is -0.481 e. The SMILES string of the molecule is COc1nc(C(F)(F)F)ccc1-c1sc(S(N)(=O)=O)cc1C. The van der Waals surface area contributed by atoms with E-state index in [1.165, 1.54) is 19.2 Å². The van der Waals surface area contributed by atoms with Gasteiger partial charge in [-0.1, -0.05) is 0 Å². The monoisotopic (exact) mass is 352 g/mol. The van der Waals surface area contributed by atoms with E-state index in [0.29, 0.717) is 10.4 Å². The first-order valence-corrected chi connectivity index (χ1v) is 8.16. The molecule has 2 rings (SSSR count). The molecule has 2 aromatic rings. The fourth-order valence-electron chi connectivity index (χ4n) is 1.79. The topological polar surface area (TPSA) is 82.3 Å². The first-order valence-electron chi connectivity index (χ1n) is 5.80. The van der Waals surface area contributed by atoms with E-state index < -0.39 is 21.9 Å². The third kappa shape index (κ3) is 3.23. The average molecular weight is 352 g/mol. The Morgan fingerprint density at radius 3 is 2.41 bits per heavy atom. The van der Waals surface area contributed by atoms with E-state index in [4.69, 9.17) is 9.88 Å². The standard InChI is InChI=1S/C12H11F3N2O3S2/c1-6-5-9(22(16,18)19)21-10(6)7-3-4-8(12(13,14)15)17-11(7)20-2/h3-5H,1-2H3,(H2,16,18,19). The minimum atomic E-state index is -4.60. The Kier molecular flexibility index (Phi) is 4.20. The van der Waals surface area contributed by atoms with Crippen LogP contribution in [0, 0.1) is 6.92 Å². The fourth-order valence-corrected chi connectivity index (χ4v) is 3.76. The number of ether oxygens (including phenoxy) is 1. The molecule has 10 heteroatoms. The highest BCUT2D eigenvalue weighted by molar-refractivity contribution is 7.91. The summed E-state index contributed by atoms with van der Waals surface area (Å²) in [6, 6.07) is 3.36. The maximum Gasteiger partial charge on any atom is 0.433 e. The molecule has 2 aromatic heterocycles. The van der Waals surface area contributed by atoms with Crippen LogP contribution in [0.4, 0.5) is 13.2 Å². The predicted octanol–water partition coefficient (Wildman–Crippen LogP) is 2.79. The maximum absolute atomic E-state index is 12.7. The lowest BCUT2D eigenvalue weighted by molar-refractivity contribution is -0.141. The van der Waals surface area contributed by atoms with Crippen LogP contribution < -0.4 is 9.88 Å². The minimum absolute atomic E-state index is 0.0815. The Morgan fingerprint density at radius 2 is 1.95 bits per heavy atom. The molecule has 0 bridgehead atoms. The van der Waals surface area contributed by atoms with Crippen molar-refractivity contribution in [1.82, 2.24) is 4.98 Å². The van der Waals surface area contributed by atoms with Crippen molar-refractivity contribution in [1.29, 1.82) is 0 Å². The lowest BCUT2D eigenvalue weighted by Crippen LogP contribution is -2.09. The molecule has 0 aliphatic heterocycles. The Hall–Kier alpha value is -1.65. The van der Waals surface area contributed by atoms with Crippen LogP contribution in [-0.2, 0) is 16.2 Å². The molecule has 0 amide bonds. The highest BCUT2D eigenvalue weighted by Gasteiger charge is 2.33. The number of sulfonamides is 1. The van der Waals surface area contributed by atoms with E-state index in [9.17, 15) is 21.6 Å². The molecule has 0 saturated heterocycles. The number of hydrogen-bond acceptors (Lipinski definition) is 5. The van der Waals surface area contributed by atoms with E-state index >= 15 is 0 Å². The van der Waals surface area contributed by atoms with Gasteiger partial charge < -0.3 is 4.74 Å². The van der Waals surface area contributed by atoms with Crippen molar-refractivity contribution in [2.24, 2.45) is 5.14 Å². The van der Waals surface area contributed by atoms with E-state index in [1.54, 1.807) is 6.92 Å². The molecular weight excluding hydrogens is 341 g/mol. The second-order valence-corrected chi connectivity index (χ2v) is 7.21. The molecule has 0 aliphatic carbocycles. The molecule has 0 saturated carbocycles. The second-order valence-electron chi connectivity index (χ2n) is 4.37. The number of nitrogens with zero attached hydrogens (tertiary/aromatic N) is 1. The number of thiophene rings is 1. The summed E-state index contributed by atoms with van der Waals surface area (Å²) < 4.78 is 65.5. The van der Waals surface area contributed by atoms with Gasteiger partial charge in [0.1, 0.15) is 9.90 Å². The van der Waals surface area contributed by atoms with Gasteiger partial charge in [0.05, 0.1) is 12.7 Å². The van der Waals surface area contributed by atoms with Crippen molar-refractivity contribution < 1.29 is 26.3 Å². The van der Waals surface area contributed by atoms with Crippen molar-refractivity contribution in [3.8, 4) is 16.3 Å². The zero-order chi connectivity index (χ0) is 16.7. The number of nitrogens with two attached hydrogens (primary N) is 1. The summed E-state index contributed by atoms with van der Waals surface area (Å²) in [7, 11) is -2.70. The molecule has 0 aromatic carbocycles. The van der Waals surface area contributed by atoms with Crippen LogP contribution in [0.15, 0.2) is 22.4 Å². The van der Waals surface area contributed by atoms with Crippen molar-refractivity contribution in [3.05, 3.63) is 29.5 Å².